The Bertz CT molecular complexity index is 397. The molecular formula is C8H6BrNS2. The SMILES string of the molecule is Nc1ccc(S)c2cc(Br)sc12. The summed E-state index contributed by atoms with van der Waals surface area (Å²) in [5.41, 5.74) is 6.61. The summed E-state index contributed by atoms with van der Waals surface area (Å²) in [6, 6.07) is 5.84. The number of anilines is 1. The van der Waals surface area contributed by atoms with E-state index in [1.54, 1.807) is 11.3 Å². The molecule has 4 heteroatoms. The van der Waals surface area contributed by atoms with Gasteiger partial charge in [0.15, 0.2) is 0 Å². The maximum absolute atomic E-state index is 5.79. The lowest BCUT2D eigenvalue weighted by Crippen LogP contribution is -1.83. The number of hydrogen-bond acceptors (Lipinski definition) is 3. The van der Waals surface area contributed by atoms with Crippen molar-refractivity contribution < 1.29 is 0 Å². The van der Waals surface area contributed by atoms with Gasteiger partial charge in [-0.15, -0.1) is 24.0 Å². The van der Waals surface area contributed by atoms with Crippen molar-refractivity contribution in [2.75, 3.05) is 5.73 Å². The molecule has 0 radical (unpaired) electrons. The van der Waals surface area contributed by atoms with Crippen molar-refractivity contribution in [3.63, 3.8) is 0 Å². The van der Waals surface area contributed by atoms with E-state index in [-0.39, 0.29) is 0 Å². The van der Waals surface area contributed by atoms with Crippen LogP contribution in [-0.2, 0) is 0 Å². The molecule has 1 nitrogen and oxygen atoms in total. The molecule has 0 atom stereocenters. The Morgan fingerprint density at radius 2 is 2.17 bits per heavy atom. The molecule has 0 fully saturated rings. The Hall–Kier alpha value is -0.190. The maximum Gasteiger partial charge on any atom is 0.0712 e. The molecule has 0 saturated heterocycles. The third-order valence-electron chi connectivity index (χ3n) is 1.66. The minimum atomic E-state index is 0.818. The average Bonchev–Trinajstić information content (AvgIpc) is 2.41. The lowest BCUT2D eigenvalue weighted by molar-refractivity contribution is 1.58. The zero-order valence-corrected chi connectivity index (χ0v) is 9.34. The van der Waals surface area contributed by atoms with Crippen molar-refractivity contribution >= 4 is 55.7 Å². The average molecular weight is 260 g/mol. The van der Waals surface area contributed by atoms with Crippen LogP contribution in [-0.4, -0.2) is 0 Å². The number of benzene rings is 1. The van der Waals surface area contributed by atoms with Gasteiger partial charge in [0.25, 0.3) is 0 Å². The summed E-state index contributed by atoms with van der Waals surface area (Å²) in [5, 5.41) is 1.12. The minimum Gasteiger partial charge on any atom is -0.398 e. The molecule has 0 saturated carbocycles. The van der Waals surface area contributed by atoms with Crippen LogP contribution in [0, 0.1) is 0 Å². The summed E-state index contributed by atoms with van der Waals surface area (Å²) in [6.07, 6.45) is 0. The van der Waals surface area contributed by atoms with Crippen LogP contribution in [0.25, 0.3) is 10.1 Å². The van der Waals surface area contributed by atoms with E-state index in [1.807, 2.05) is 18.2 Å². The largest absolute Gasteiger partial charge is 0.398 e. The van der Waals surface area contributed by atoms with Gasteiger partial charge in [0.05, 0.1) is 8.49 Å². The minimum absolute atomic E-state index is 0.818. The molecule has 62 valence electrons. The lowest BCUT2D eigenvalue weighted by Gasteiger charge is -1.96. The van der Waals surface area contributed by atoms with E-state index < -0.39 is 0 Å². The zero-order valence-electron chi connectivity index (χ0n) is 6.04. The van der Waals surface area contributed by atoms with Crippen molar-refractivity contribution in [3.8, 4) is 0 Å². The predicted octanol–water partition coefficient (Wildman–Crippen LogP) is 3.53. The zero-order chi connectivity index (χ0) is 8.72. The van der Waals surface area contributed by atoms with Crippen LogP contribution in [0.5, 0.6) is 0 Å². The van der Waals surface area contributed by atoms with Crippen LogP contribution in [0.3, 0.4) is 0 Å². The van der Waals surface area contributed by atoms with E-state index in [1.165, 1.54) is 0 Å². The summed E-state index contributed by atoms with van der Waals surface area (Å²) in [6.45, 7) is 0. The second-order valence-corrected chi connectivity index (χ2v) is 5.38. The van der Waals surface area contributed by atoms with Gasteiger partial charge in [-0.3, -0.25) is 0 Å². The van der Waals surface area contributed by atoms with E-state index in [4.69, 9.17) is 5.73 Å². The standard InChI is InChI=1S/C8H6BrNS2/c9-7-3-4-6(11)2-1-5(10)8(4)12-7/h1-3,11H,10H2. The van der Waals surface area contributed by atoms with Crippen LogP contribution >= 0.6 is 39.9 Å². The fraction of sp³-hybridized carbons (Fsp3) is 0. The van der Waals surface area contributed by atoms with Gasteiger partial charge in [0.2, 0.25) is 0 Å². The van der Waals surface area contributed by atoms with E-state index >= 15 is 0 Å². The number of nitrogen functional groups attached to an aromatic ring is 1. The molecule has 0 aliphatic rings. The molecule has 1 aromatic carbocycles. The summed E-state index contributed by atoms with van der Waals surface area (Å²) >= 11 is 9.40. The fourth-order valence-electron chi connectivity index (χ4n) is 1.10. The van der Waals surface area contributed by atoms with Gasteiger partial charge in [0, 0.05) is 16.0 Å². The highest BCUT2D eigenvalue weighted by Crippen LogP contribution is 2.36. The molecule has 0 aliphatic carbocycles. The molecule has 1 aromatic heterocycles. The molecule has 12 heavy (non-hydrogen) atoms. The quantitative estimate of drug-likeness (QED) is 0.550. The van der Waals surface area contributed by atoms with Crippen LogP contribution in [0.1, 0.15) is 0 Å². The van der Waals surface area contributed by atoms with E-state index in [9.17, 15) is 0 Å². The predicted molar refractivity (Wildman–Crippen MR) is 61.2 cm³/mol. The molecule has 0 spiro atoms. The molecule has 0 amide bonds. The summed E-state index contributed by atoms with van der Waals surface area (Å²) in [4.78, 5) is 0.973. The number of fused-ring (bicyclic) bond motifs is 1. The summed E-state index contributed by atoms with van der Waals surface area (Å²) in [5.74, 6) is 0. The highest BCUT2D eigenvalue weighted by atomic mass is 79.9. The van der Waals surface area contributed by atoms with Gasteiger partial charge >= 0.3 is 0 Å². The van der Waals surface area contributed by atoms with Gasteiger partial charge in [-0.25, -0.2) is 0 Å². The second kappa shape index (κ2) is 2.94. The smallest absolute Gasteiger partial charge is 0.0712 e. The van der Waals surface area contributed by atoms with Crippen molar-refractivity contribution in [3.05, 3.63) is 22.0 Å². The Balaban J connectivity index is 2.93. The Morgan fingerprint density at radius 1 is 1.42 bits per heavy atom. The first-order chi connectivity index (χ1) is 5.68. The monoisotopic (exact) mass is 259 g/mol. The van der Waals surface area contributed by atoms with Crippen molar-refractivity contribution in [1.82, 2.24) is 0 Å². The normalized spacial score (nSPS) is 10.8. The summed E-state index contributed by atoms with van der Waals surface area (Å²) in [7, 11) is 0. The number of nitrogens with two attached hydrogens (primary N) is 1. The lowest BCUT2D eigenvalue weighted by atomic mass is 10.2. The van der Waals surface area contributed by atoms with Crippen molar-refractivity contribution in [2.24, 2.45) is 0 Å². The molecule has 2 rings (SSSR count). The molecule has 2 aromatic rings. The molecule has 1 heterocycles. The Kier molecular flexibility index (Phi) is 2.06. The first-order valence-electron chi connectivity index (χ1n) is 3.35. The van der Waals surface area contributed by atoms with Crippen molar-refractivity contribution in [1.29, 1.82) is 0 Å². The highest BCUT2D eigenvalue weighted by molar-refractivity contribution is 9.11. The topological polar surface area (TPSA) is 26.0 Å². The highest BCUT2D eigenvalue weighted by Gasteiger charge is 2.05. The molecule has 2 N–H and O–H groups in total. The fourth-order valence-corrected chi connectivity index (χ4v) is 2.98. The summed E-state index contributed by atoms with van der Waals surface area (Å²) < 4.78 is 2.19. The van der Waals surface area contributed by atoms with E-state index in [2.05, 4.69) is 28.6 Å². The van der Waals surface area contributed by atoms with Gasteiger partial charge in [-0.1, -0.05) is 0 Å². The number of halogens is 1. The Labute approximate surface area is 88.1 Å². The van der Waals surface area contributed by atoms with Crippen LogP contribution in [0.2, 0.25) is 0 Å². The van der Waals surface area contributed by atoms with Gasteiger partial charge in [-0.2, -0.15) is 0 Å². The molecular weight excluding hydrogens is 254 g/mol. The number of hydrogen-bond donors (Lipinski definition) is 2. The van der Waals surface area contributed by atoms with Crippen LogP contribution < -0.4 is 5.73 Å². The van der Waals surface area contributed by atoms with Crippen molar-refractivity contribution in [2.45, 2.75) is 4.90 Å². The molecule has 0 unspecified atom stereocenters. The van der Waals surface area contributed by atoms with Gasteiger partial charge in [-0.05, 0) is 34.1 Å². The molecule has 0 aliphatic heterocycles. The maximum atomic E-state index is 5.79. The number of thiol groups is 1. The molecule has 0 bridgehead atoms. The van der Waals surface area contributed by atoms with Crippen LogP contribution in [0.4, 0.5) is 5.69 Å². The van der Waals surface area contributed by atoms with Gasteiger partial charge in [0.1, 0.15) is 0 Å². The Morgan fingerprint density at radius 3 is 2.83 bits per heavy atom. The third-order valence-corrected chi connectivity index (χ3v) is 3.74. The van der Waals surface area contributed by atoms with E-state index in [0.717, 1.165) is 24.5 Å². The van der Waals surface area contributed by atoms with Gasteiger partial charge < -0.3 is 5.73 Å². The first-order valence-corrected chi connectivity index (χ1v) is 5.40. The first kappa shape index (κ1) is 8.41. The number of thiophene rings is 1. The van der Waals surface area contributed by atoms with Crippen LogP contribution in [0.15, 0.2) is 26.9 Å². The number of rotatable bonds is 0. The van der Waals surface area contributed by atoms with E-state index in [0.29, 0.717) is 0 Å². The third kappa shape index (κ3) is 1.24. The second-order valence-electron chi connectivity index (χ2n) is 2.47.